The first-order valence-corrected chi connectivity index (χ1v) is 13.4. The predicted molar refractivity (Wildman–Crippen MR) is 139 cm³/mol. The van der Waals surface area contributed by atoms with Gasteiger partial charge in [-0.2, -0.15) is 0 Å². The van der Waals surface area contributed by atoms with E-state index in [1.54, 1.807) is 65.6 Å². The van der Waals surface area contributed by atoms with Gasteiger partial charge in [0.05, 0.1) is 11.9 Å². The number of nitrogens with one attached hydrogen (secondary N) is 3. The molecule has 3 N–H and O–H groups in total. The number of anilines is 3. The van der Waals surface area contributed by atoms with Gasteiger partial charge in [0.2, 0.25) is 15.9 Å². The average Bonchev–Trinajstić information content (AvgIpc) is 2.83. The van der Waals surface area contributed by atoms with Crippen LogP contribution in [0.4, 0.5) is 26.2 Å². The second-order valence-corrected chi connectivity index (χ2v) is 10.6. The molecule has 36 heavy (non-hydrogen) atoms. The van der Waals surface area contributed by atoms with Crippen molar-refractivity contribution >= 4 is 50.6 Å². The number of urea groups is 1. The molecule has 0 saturated carbocycles. The Morgan fingerprint density at radius 1 is 1.06 bits per heavy atom. The summed E-state index contributed by atoms with van der Waals surface area (Å²) < 4.78 is 40.1. The molecule has 4 rings (SSSR count). The third-order valence-corrected chi connectivity index (χ3v) is 6.47. The lowest BCUT2D eigenvalue weighted by Crippen LogP contribution is -2.53. The van der Waals surface area contributed by atoms with Crippen molar-refractivity contribution in [2.24, 2.45) is 0 Å². The molecule has 1 saturated heterocycles. The van der Waals surface area contributed by atoms with E-state index < -0.39 is 27.9 Å². The van der Waals surface area contributed by atoms with E-state index in [1.165, 1.54) is 6.07 Å². The van der Waals surface area contributed by atoms with Gasteiger partial charge >= 0.3 is 6.03 Å². The number of amides is 3. The van der Waals surface area contributed by atoms with Crippen molar-refractivity contribution in [2.45, 2.75) is 18.9 Å². The lowest BCUT2D eigenvalue weighted by atomic mass is 10.0. The monoisotopic (exact) mass is 530 g/mol. The normalized spacial score (nSPS) is 15.9. The van der Waals surface area contributed by atoms with Crippen LogP contribution in [-0.2, 0) is 14.8 Å². The van der Waals surface area contributed by atoms with Crippen LogP contribution in [0.15, 0.2) is 66.7 Å². The number of hydrogen-bond acceptors (Lipinski definition) is 4. The molecule has 1 aliphatic heterocycles. The highest BCUT2D eigenvalue weighted by Crippen LogP contribution is 2.30. The highest BCUT2D eigenvalue weighted by atomic mass is 35.5. The fourth-order valence-electron chi connectivity index (χ4n) is 3.98. The smallest absolute Gasteiger partial charge is 0.319 e. The van der Waals surface area contributed by atoms with Crippen LogP contribution in [0.3, 0.4) is 0 Å². The summed E-state index contributed by atoms with van der Waals surface area (Å²) in [6.45, 7) is 0.483. The van der Waals surface area contributed by atoms with Crippen molar-refractivity contribution < 1.29 is 22.4 Å². The molecule has 1 atom stereocenters. The molecule has 3 aromatic carbocycles. The highest BCUT2D eigenvalue weighted by Gasteiger charge is 2.31. The third kappa shape index (κ3) is 6.13. The average molecular weight is 531 g/mol. The minimum atomic E-state index is -3.63. The molecule has 8 nitrogen and oxygen atoms in total. The number of carbonyl (C=O) groups is 2. The van der Waals surface area contributed by atoms with Crippen LogP contribution in [0.25, 0.3) is 11.1 Å². The second kappa shape index (κ2) is 10.5. The number of hydrogen-bond donors (Lipinski definition) is 3. The van der Waals surface area contributed by atoms with E-state index >= 15 is 0 Å². The first-order valence-electron chi connectivity index (χ1n) is 11.1. The van der Waals surface area contributed by atoms with Crippen molar-refractivity contribution in [1.29, 1.82) is 0 Å². The Kier molecular flexibility index (Phi) is 7.46. The minimum Gasteiger partial charge on any atom is -0.326 e. The molecule has 0 spiro atoms. The van der Waals surface area contributed by atoms with E-state index in [-0.39, 0.29) is 17.2 Å². The summed E-state index contributed by atoms with van der Waals surface area (Å²) >= 11 is 5.86. The number of sulfonamides is 1. The number of rotatable bonds is 6. The summed E-state index contributed by atoms with van der Waals surface area (Å²) in [7, 11) is -3.63. The van der Waals surface area contributed by atoms with Gasteiger partial charge in [-0.25, -0.2) is 17.6 Å². The Morgan fingerprint density at radius 3 is 2.42 bits per heavy atom. The molecule has 0 aromatic heterocycles. The summed E-state index contributed by atoms with van der Waals surface area (Å²) in [5.41, 5.74) is 1.76. The van der Waals surface area contributed by atoms with Gasteiger partial charge in [-0.15, -0.1) is 0 Å². The summed E-state index contributed by atoms with van der Waals surface area (Å²) in [6.07, 6.45) is 2.15. The molecule has 3 aromatic rings. The summed E-state index contributed by atoms with van der Waals surface area (Å²) in [5.74, 6) is -0.938. The van der Waals surface area contributed by atoms with Crippen LogP contribution >= 0.6 is 11.6 Å². The summed E-state index contributed by atoms with van der Waals surface area (Å²) in [4.78, 5) is 27.1. The quantitative estimate of drug-likeness (QED) is 0.424. The van der Waals surface area contributed by atoms with E-state index in [2.05, 4.69) is 15.4 Å². The molecule has 1 heterocycles. The lowest BCUT2D eigenvalue weighted by molar-refractivity contribution is -0.121. The Morgan fingerprint density at radius 2 is 1.75 bits per heavy atom. The lowest BCUT2D eigenvalue weighted by Gasteiger charge is -2.32. The Balaban J connectivity index is 1.46. The molecule has 0 unspecified atom stereocenters. The summed E-state index contributed by atoms with van der Waals surface area (Å²) in [5, 5.41) is 5.95. The van der Waals surface area contributed by atoms with Gasteiger partial charge in [0.25, 0.3) is 0 Å². The SMILES string of the molecule is CS(=O)(=O)Nc1cccc(-c2ccc(N3CCC[C@@H](NC(=O)Nc4ccc(Cl)cc4)C3=O)cc2)c1F. The number of piperidine rings is 1. The molecule has 188 valence electrons. The number of nitrogens with zero attached hydrogens (tertiary/aromatic N) is 1. The maximum Gasteiger partial charge on any atom is 0.319 e. The van der Waals surface area contributed by atoms with Crippen LogP contribution in [0.2, 0.25) is 5.02 Å². The fourth-order valence-corrected chi connectivity index (χ4v) is 4.66. The Bertz CT molecular complexity index is 1380. The fraction of sp³-hybridized carbons (Fsp3) is 0.200. The van der Waals surface area contributed by atoms with Crippen molar-refractivity contribution in [3.05, 3.63) is 77.6 Å². The van der Waals surface area contributed by atoms with Crippen molar-refractivity contribution in [3.8, 4) is 11.1 Å². The topological polar surface area (TPSA) is 108 Å². The first-order chi connectivity index (χ1) is 17.1. The van der Waals surface area contributed by atoms with Gasteiger partial charge in [0.15, 0.2) is 5.82 Å². The van der Waals surface area contributed by atoms with Gasteiger partial charge < -0.3 is 15.5 Å². The second-order valence-electron chi connectivity index (χ2n) is 8.38. The number of benzene rings is 3. The molecule has 3 amide bonds. The van der Waals surface area contributed by atoms with Gasteiger partial charge in [0, 0.05) is 28.5 Å². The molecular formula is C25H24ClFN4O4S. The molecule has 1 fully saturated rings. The minimum absolute atomic E-state index is 0.143. The molecular weight excluding hydrogens is 507 g/mol. The molecule has 1 aliphatic rings. The van der Waals surface area contributed by atoms with Gasteiger partial charge in [-0.05, 0) is 60.9 Å². The molecule has 11 heteroatoms. The van der Waals surface area contributed by atoms with E-state index in [9.17, 15) is 22.4 Å². The van der Waals surface area contributed by atoms with E-state index in [1.807, 2.05) is 0 Å². The van der Waals surface area contributed by atoms with Crippen LogP contribution in [-0.4, -0.2) is 39.2 Å². The zero-order chi connectivity index (χ0) is 25.9. The van der Waals surface area contributed by atoms with Crippen LogP contribution < -0.4 is 20.3 Å². The number of carbonyl (C=O) groups excluding carboxylic acids is 2. The van der Waals surface area contributed by atoms with E-state index in [0.29, 0.717) is 41.3 Å². The van der Waals surface area contributed by atoms with Gasteiger partial charge in [-0.1, -0.05) is 35.9 Å². The predicted octanol–water partition coefficient (Wildman–Crippen LogP) is 4.83. The van der Waals surface area contributed by atoms with E-state index in [0.717, 1.165) is 6.26 Å². The number of halogens is 2. The van der Waals surface area contributed by atoms with Crippen molar-refractivity contribution in [1.82, 2.24) is 5.32 Å². The molecule has 0 radical (unpaired) electrons. The van der Waals surface area contributed by atoms with Crippen LogP contribution in [0, 0.1) is 5.82 Å². The molecule has 0 aliphatic carbocycles. The van der Waals surface area contributed by atoms with E-state index in [4.69, 9.17) is 11.6 Å². The third-order valence-electron chi connectivity index (χ3n) is 5.63. The van der Waals surface area contributed by atoms with Gasteiger partial charge in [-0.3, -0.25) is 9.52 Å². The largest absolute Gasteiger partial charge is 0.326 e. The maximum atomic E-state index is 14.9. The maximum absolute atomic E-state index is 14.9. The zero-order valence-electron chi connectivity index (χ0n) is 19.3. The van der Waals surface area contributed by atoms with Gasteiger partial charge in [0.1, 0.15) is 6.04 Å². The van der Waals surface area contributed by atoms with Crippen molar-refractivity contribution in [2.75, 3.05) is 27.7 Å². The standard InChI is InChI=1S/C25H24ClFN4O4S/c1-36(34,35)30-21-5-2-4-20(23(21)27)16-7-13-19(14-8-16)31-15-3-6-22(24(31)32)29-25(33)28-18-11-9-17(26)10-12-18/h2,4-5,7-14,22,30H,3,6,15H2,1H3,(H2,28,29,33)/t22-/m1/s1. The van der Waals surface area contributed by atoms with Crippen LogP contribution in [0.5, 0.6) is 0 Å². The van der Waals surface area contributed by atoms with Crippen LogP contribution in [0.1, 0.15) is 12.8 Å². The Hall–Kier alpha value is -3.63. The zero-order valence-corrected chi connectivity index (χ0v) is 20.9. The highest BCUT2D eigenvalue weighted by molar-refractivity contribution is 7.92. The Labute approximate surface area is 213 Å². The van der Waals surface area contributed by atoms with Crippen molar-refractivity contribution in [3.63, 3.8) is 0 Å². The first kappa shape index (κ1) is 25.5. The molecule has 0 bridgehead atoms. The summed E-state index contributed by atoms with van der Waals surface area (Å²) in [6, 6.07) is 16.6.